The van der Waals surface area contributed by atoms with Crippen LogP contribution >= 0.6 is 27.5 Å². The minimum absolute atomic E-state index is 0.0468. The summed E-state index contributed by atoms with van der Waals surface area (Å²) >= 11 is 8.95. The summed E-state index contributed by atoms with van der Waals surface area (Å²) < 4.78 is 40.3. The molecule has 0 radical (unpaired) electrons. The van der Waals surface area contributed by atoms with Gasteiger partial charge in [-0.3, -0.25) is 4.72 Å². The Morgan fingerprint density at radius 1 is 1.24 bits per heavy atom. The van der Waals surface area contributed by atoms with Gasteiger partial charge in [0.05, 0.1) is 17.3 Å². The maximum absolute atomic E-state index is 13.0. The summed E-state index contributed by atoms with van der Waals surface area (Å²) in [5.41, 5.74) is 0.517. The van der Waals surface area contributed by atoms with E-state index >= 15 is 0 Å². The molecule has 112 valence electrons. The molecule has 0 spiro atoms. The third-order valence-electron chi connectivity index (χ3n) is 2.64. The van der Waals surface area contributed by atoms with Gasteiger partial charge in [0.15, 0.2) is 0 Å². The highest BCUT2D eigenvalue weighted by molar-refractivity contribution is 9.10. The lowest BCUT2D eigenvalue weighted by atomic mass is 10.2. The molecule has 8 heteroatoms. The SMILES string of the molecule is O=S(=O)(Nc1ccc(F)cc1Cl)c1cc(CO)ccc1Br. The van der Waals surface area contributed by atoms with Crippen LogP contribution in [0.1, 0.15) is 5.56 Å². The van der Waals surface area contributed by atoms with Gasteiger partial charge in [0.2, 0.25) is 0 Å². The average Bonchev–Trinajstić information content (AvgIpc) is 2.42. The number of hydrogen-bond donors (Lipinski definition) is 2. The fourth-order valence-corrected chi connectivity index (χ4v) is 3.99. The quantitative estimate of drug-likeness (QED) is 0.833. The second kappa shape index (κ2) is 6.31. The number of aliphatic hydroxyl groups is 1. The predicted octanol–water partition coefficient (Wildman–Crippen LogP) is 3.53. The van der Waals surface area contributed by atoms with Gasteiger partial charge in [-0.2, -0.15) is 0 Å². The van der Waals surface area contributed by atoms with Crippen molar-refractivity contribution in [2.75, 3.05) is 4.72 Å². The Labute approximate surface area is 134 Å². The summed E-state index contributed by atoms with van der Waals surface area (Å²) in [5.74, 6) is -0.564. The van der Waals surface area contributed by atoms with E-state index in [0.29, 0.717) is 10.0 Å². The zero-order chi connectivity index (χ0) is 15.6. The van der Waals surface area contributed by atoms with E-state index in [1.165, 1.54) is 18.2 Å². The zero-order valence-electron chi connectivity index (χ0n) is 10.5. The highest BCUT2D eigenvalue weighted by Gasteiger charge is 2.19. The van der Waals surface area contributed by atoms with E-state index < -0.39 is 15.8 Å². The normalized spacial score (nSPS) is 11.4. The molecule has 0 aliphatic rings. The molecule has 0 unspecified atom stereocenters. The van der Waals surface area contributed by atoms with Gasteiger partial charge < -0.3 is 5.11 Å². The summed E-state index contributed by atoms with van der Waals surface area (Å²) in [4.78, 5) is -0.0468. The van der Waals surface area contributed by atoms with Crippen molar-refractivity contribution in [3.8, 4) is 0 Å². The zero-order valence-corrected chi connectivity index (χ0v) is 13.6. The molecule has 0 aliphatic carbocycles. The standard InChI is InChI=1S/C13H10BrClFNO3S/c14-10-3-1-8(7-18)5-13(10)21(19,20)17-12-4-2-9(16)6-11(12)15/h1-6,17-18H,7H2. The Bertz CT molecular complexity index is 783. The van der Waals surface area contributed by atoms with Crippen molar-refractivity contribution in [3.63, 3.8) is 0 Å². The van der Waals surface area contributed by atoms with Crippen molar-refractivity contribution in [2.45, 2.75) is 11.5 Å². The monoisotopic (exact) mass is 393 g/mol. The van der Waals surface area contributed by atoms with Gasteiger partial charge in [-0.05, 0) is 51.8 Å². The molecule has 4 nitrogen and oxygen atoms in total. The Kier molecular flexibility index (Phi) is 4.88. The number of halogens is 3. The summed E-state index contributed by atoms with van der Waals surface area (Å²) in [6.45, 7) is -0.285. The van der Waals surface area contributed by atoms with Gasteiger partial charge in [-0.1, -0.05) is 17.7 Å². The number of aliphatic hydroxyl groups excluding tert-OH is 1. The maximum Gasteiger partial charge on any atom is 0.263 e. The van der Waals surface area contributed by atoms with Crippen LogP contribution in [-0.4, -0.2) is 13.5 Å². The van der Waals surface area contributed by atoms with Crippen molar-refractivity contribution in [2.24, 2.45) is 0 Å². The lowest BCUT2D eigenvalue weighted by Crippen LogP contribution is -2.14. The molecule has 21 heavy (non-hydrogen) atoms. The van der Waals surface area contributed by atoms with Gasteiger partial charge in [0.1, 0.15) is 10.7 Å². The lowest BCUT2D eigenvalue weighted by molar-refractivity contribution is 0.281. The predicted molar refractivity (Wildman–Crippen MR) is 82.3 cm³/mol. The number of hydrogen-bond acceptors (Lipinski definition) is 3. The Hall–Kier alpha value is -1.15. The molecule has 2 aromatic rings. The number of benzene rings is 2. The smallest absolute Gasteiger partial charge is 0.263 e. The van der Waals surface area contributed by atoms with E-state index in [2.05, 4.69) is 20.7 Å². The first-order chi connectivity index (χ1) is 9.83. The second-order valence-corrected chi connectivity index (χ2v) is 7.06. The van der Waals surface area contributed by atoms with E-state index in [1.807, 2.05) is 0 Å². The van der Waals surface area contributed by atoms with Crippen LogP contribution in [-0.2, 0) is 16.6 Å². The first kappa shape index (κ1) is 16.2. The minimum atomic E-state index is -3.93. The molecule has 0 saturated carbocycles. The minimum Gasteiger partial charge on any atom is -0.392 e. The first-order valence-electron chi connectivity index (χ1n) is 5.70. The topological polar surface area (TPSA) is 66.4 Å². The van der Waals surface area contributed by atoms with Crippen LogP contribution in [0.5, 0.6) is 0 Å². The molecule has 0 aromatic heterocycles. The summed E-state index contributed by atoms with van der Waals surface area (Å²) in [6, 6.07) is 7.80. The average molecular weight is 395 g/mol. The van der Waals surface area contributed by atoms with Crippen LogP contribution in [0.15, 0.2) is 45.8 Å². The summed E-state index contributed by atoms with van der Waals surface area (Å²) in [6.07, 6.45) is 0. The molecule has 0 saturated heterocycles. The van der Waals surface area contributed by atoms with Crippen LogP contribution in [0.2, 0.25) is 5.02 Å². The highest BCUT2D eigenvalue weighted by Crippen LogP contribution is 2.29. The molecule has 0 bridgehead atoms. The van der Waals surface area contributed by atoms with Gasteiger partial charge in [-0.25, -0.2) is 12.8 Å². The Morgan fingerprint density at radius 3 is 2.57 bits per heavy atom. The molecule has 0 heterocycles. The molecule has 0 amide bonds. The number of anilines is 1. The van der Waals surface area contributed by atoms with E-state index in [0.717, 1.165) is 12.1 Å². The maximum atomic E-state index is 13.0. The number of rotatable bonds is 4. The van der Waals surface area contributed by atoms with Crippen molar-refractivity contribution < 1.29 is 17.9 Å². The first-order valence-corrected chi connectivity index (χ1v) is 8.36. The highest BCUT2D eigenvalue weighted by atomic mass is 79.9. The van der Waals surface area contributed by atoms with Gasteiger partial charge >= 0.3 is 0 Å². The Morgan fingerprint density at radius 2 is 1.95 bits per heavy atom. The fraction of sp³-hybridized carbons (Fsp3) is 0.0769. The van der Waals surface area contributed by atoms with Crippen molar-refractivity contribution in [1.82, 2.24) is 0 Å². The van der Waals surface area contributed by atoms with Crippen molar-refractivity contribution in [1.29, 1.82) is 0 Å². The van der Waals surface area contributed by atoms with Crippen LogP contribution in [0, 0.1) is 5.82 Å². The third-order valence-corrected chi connectivity index (χ3v) is 5.32. The molecule has 2 aromatic carbocycles. The van der Waals surface area contributed by atoms with E-state index in [9.17, 15) is 12.8 Å². The van der Waals surface area contributed by atoms with E-state index in [1.54, 1.807) is 6.07 Å². The molecule has 0 aliphatic heterocycles. The molecular weight excluding hydrogens is 385 g/mol. The third kappa shape index (κ3) is 3.74. The fourth-order valence-electron chi connectivity index (χ4n) is 1.62. The second-order valence-electron chi connectivity index (χ2n) is 4.15. The van der Waals surface area contributed by atoms with Crippen LogP contribution < -0.4 is 4.72 Å². The Balaban J connectivity index is 2.43. The van der Waals surface area contributed by atoms with Crippen molar-refractivity contribution >= 4 is 43.2 Å². The van der Waals surface area contributed by atoms with Crippen LogP contribution in [0.25, 0.3) is 0 Å². The molecule has 0 fully saturated rings. The van der Waals surface area contributed by atoms with Gasteiger partial charge in [-0.15, -0.1) is 0 Å². The summed E-state index contributed by atoms with van der Waals surface area (Å²) in [5, 5.41) is 9.04. The van der Waals surface area contributed by atoms with Crippen LogP contribution in [0.4, 0.5) is 10.1 Å². The van der Waals surface area contributed by atoms with Gasteiger partial charge in [0, 0.05) is 4.47 Å². The summed E-state index contributed by atoms with van der Waals surface area (Å²) in [7, 11) is -3.93. The van der Waals surface area contributed by atoms with Gasteiger partial charge in [0.25, 0.3) is 10.0 Å². The molecule has 2 N–H and O–H groups in total. The number of nitrogens with one attached hydrogen (secondary N) is 1. The lowest BCUT2D eigenvalue weighted by Gasteiger charge is -2.12. The molecular formula is C13H10BrClFNO3S. The number of sulfonamides is 1. The van der Waals surface area contributed by atoms with E-state index in [4.69, 9.17) is 16.7 Å². The molecule has 2 rings (SSSR count). The van der Waals surface area contributed by atoms with E-state index in [-0.39, 0.29) is 22.2 Å². The van der Waals surface area contributed by atoms with Crippen molar-refractivity contribution in [3.05, 3.63) is 57.3 Å². The largest absolute Gasteiger partial charge is 0.392 e. The van der Waals surface area contributed by atoms with Crippen LogP contribution in [0.3, 0.4) is 0 Å². The molecule has 0 atom stereocenters.